The van der Waals surface area contributed by atoms with E-state index in [0.29, 0.717) is 30.0 Å². The molecule has 4 nitrogen and oxygen atoms in total. The van der Waals surface area contributed by atoms with Gasteiger partial charge in [0, 0.05) is 22.6 Å². The molecule has 0 atom stereocenters. The Kier molecular flexibility index (Phi) is 3.59. The summed E-state index contributed by atoms with van der Waals surface area (Å²) in [4.78, 5) is 11.5. The summed E-state index contributed by atoms with van der Waals surface area (Å²) >= 11 is 3.46. The quantitative estimate of drug-likeness (QED) is 0.807. The summed E-state index contributed by atoms with van der Waals surface area (Å²) in [7, 11) is 0. The molecule has 0 unspecified atom stereocenters. The van der Waals surface area contributed by atoms with Crippen molar-refractivity contribution in [3.05, 3.63) is 45.9 Å². The lowest BCUT2D eigenvalue weighted by Gasteiger charge is -2.19. The molecule has 2 aromatic carbocycles. The van der Waals surface area contributed by atoms with Crippen LogP contribution >= 0.6 is 15.9 Å². The molecule has 108 valence electrons. The predicted octanol–water partition coefficient (Wildman–Crippen LogP) is 4.02. The van der Waals surface area contributed by atoms with Crippen molar-refractivity contribution in [2.24, 2.45) is 0 Å². The van der Waals surface area contributed by atoms with Gasteiger partial charge in [-0.3, -0.25) is 4.79 Å². The molecule has 0 aromatic heterocycles. The average molecular weight is 347 g/mol. The molecule has 0 bridgehead atoms. The van der Waals surface area contributed by atoms with E-state index in [1.807, 2.05) is 31.2 Å². The lowest BCUT2D eigenvalue weighted by atomic mass is 10.0. The Morgan fingerprint density at radius 1 is 1.24 bits per heavy atom. The van der Waals surface area contributed by atoms with E-state index in [0.717, 1.165) is 21.3 Å². The number of rotatable bonds is 2. The summed E-state index contributed by atoms with van der Waals surface area (Å²) in [5.41, 5.74) is 9.53. The molecule has 1 aliphatic heterocycles. The summed E-state index contributed by atoms with van der Waals surface area (Å²) < 4.78 is 6.88. The number of carbonyl (C=O) groups is 1. The second-order valence-electron chi connectivity index (χ2n) is 5.11. The number of fused-ring (bicyclic) bond motifs is 1. The van der Waals surface area contributed by atoms with Crippen molar-refractivity contribution in [2.75, 3.05) is 11.1 Å². The fourth-order valence-electron chi connectivity index (χ4n) is 2.32. The van der Waals surface area contributed by atoms with Crippen molar-refractivity contribution >= 4 is 33.2 Å². The maximum atomic E-state index is 11.5. The molecule has 1 amide bonds. The van der Waals surface area contributed by atoms with Crippen LogP contribution in [0.4, 0.5) is 11.4 Å². The van der Waals surface area contributed by atoms with Crippen LogP contribution in [0.1, 0.15) is 17.5 Å². The van der Waals surface area contributed by atoms with Gasteiger partial charge in [-0.1, -0.05) is 15.9 Å². The molecule has 0 saturated carbocycles. The van der Waals surface area contributed by atoms with E-state index in [1.165, 1.54) is 0 Å². The number of anilines is 2. The van der Waals surface area contributed by atoms with E-state index < -0.39 is 0 Å². The Hall–Kier alpha value is -2.01. The molecular formula is C16H15BrN2O2. The van der Waals surface area contributed by atoms with Crippen LogP contribution in [0.2, 0.25) is 0 Å². The molecule has 0 radical (unpaired) electrons. The van der Waals surface area contributed by atoms with Gasteiger partial charge in [0.1, 0.15) is 5.75 Å². The molecular weight excluding hydrogens is 332 g/mol. The van der Waals surface area contributed by atoms with Gasteiger partial charge in [-0.15, -0.1) is 0 Å². The first-order valence-corrected chi connectivity index (χ1v) is 7.48. The highest BCUT2D eigenvalue weighted by Crippen LogP contribution is 2.35. The average Bonchev–Trinajstić information content (AvgIpc) is 2.44. The van der Waals surface area contributed by atoms with Crippen LogP contribution in [-0.4, -0.2) is 5.91 Å². The largest absolute Gasteiger partial charge is 0.455 e. The lowest BCUT2D eigenvalue weighted by molar-refractivity contribution is -0.116. The topological polar surface area (TPSA) is 64.3 Å². The number of hydrogen-bond donors (Lipinski definition) is 2. The number of nitrogens with two attached hydrogens (primary N) is 1. The SMILES string of the molecule is Cc1cc(Oc2cc3c(cc2N)CCC(=O)N3)ccc1Br. The third-order valence-corrected chi connectivity index (χ3v) is 4.38. The molecule has 3 N–H and O–H groups in total. The fourth-order valence-corrected chi connectivity index (χ4v) is 2.57. The second-order valence-corrected chi connectivity index (χ2v) is 5.96. The van der Waals surface area contributed by atoms with Crippen LogP contribution in [0.15, 0.2) is 34.8 Å². The summed E-state index contributed by atoms with van der Waals surface area (Å²) in [5, 5.41) is 2.85. The van der Waals surface area contributed by atoms with Crippen molar-refractivity contribution in [1.82, 2.24) is 0 Å². The van der Waals surface area contributed by atoms with E-state index in [-0.39, 0.29) is 5.91 Å². The van der Waals surface area contributed by atoms with Gasteiger partial charge < -0.3 is 15.8 Å². The van der Waals surface area contributed by atoms with Crippen molar-refractivity contribution in [1.29, 1.82) is 0 Å². The molecule has 0 aliphatic carbocycles. The molecule has 1 heterocycles. The Bertz CT molecular complexity index is 728. The van der Waals surface area contributed by atoms with Crippen LogP contribution in [0.5, 0.6) is 11.5 Å². The maximum Gasteiger partial charge on any atom is 0.224 e. The number of nitrogens with one attached hydrogen (secondary N) is 1. The molecule has 2 aromatic rings. The minimum atomic E-state index is 0.0257. The predicted molar refractivity (Wildman–Crippen MR) is 86.8 cm³/mol. The van der Waals surface area contributed by atoms with Gasteiger partial charge >= 0.3 is 0 Å². The first kappa shape index (κ1) is 13.9. The van der Waals surface area contributed by atoms with Gasteiger partial charge in [0.25, 0.3) is 0 Å². The third-order valence-electron chi connectivity index (χ3n) is 3.49. The van der Waals surface area contributed by atoms with Crippen LogP contribution in [0.25, 0.3) is 0 Å². The van der Waals surface area contributed by atoms with E-state index >= 15 is 0 Å². The zero-order valence-corrected chi connectivity index (χ0v) is 13.2. The standard InChI is InChI=1S/C16H15BrN2O2/c1-9-6-11(3-4-12(9)17)21-15-8-14-10(7-13(15)18)2-5-16(20)19-14/h3-4,6-8H,2,5,18H2,1H3,(H,19,20). The van der Waals surface area contributed by atoms with Crippen LogP contribution in [-0.2, 0) is 11.2 Å². The second kappa shape index (κ2) is 5.41. The maximum absolute atomic E-state index is 11.5. The Labute approximate surface area is 131 Å². The third kappa shape index (κ3) is 2.88. The highest BCUT2D eigenvalue weighted by Gasteiger charge is 2.17. The van der Waals surface area contributed by atoms with Crippen LogP contribution < -0.4 is 15.8 Å². The molecule has 0 saturated heterocycles. The lowest BCUT2D eigenvalue weighted by Crippen LogP contribution is -2.19. The highest BCUT2D eigenvalue weighted by atomic mass is 79.9. The number of halogens is 1. The number of benzene rings is 2. The van der Waals surface area contributed by atoms with Crippen molar-refractivity contribution in [3.63, 3.8) is 0 Å². The molecule has 5 heteroatoms. The number of nitrogen functional groups attached to an aromatic ring is 1. The number of ether oxygens (including phenoxy) is 1. The van der Waals surface area contributed by atoms with Gasteiger partial charge in [-0.05, 0) is 48.7 Å². The van der Waals surface area contributed by atoms with E-state index in [9.17, 15) is 4.79 Å². The first-order chi connectivity index (χ1) is 10.0. The zero-order valence-electron chi connectivity index (χ0n) is 11.6. The number of aryl methyl sites for hydroxylation is 2. The molecule has 3 rings (SSSR count). The van der Waals surface area contributed by atoms with Gasteiger partial charge in [0.2, 0.25) is 5.91 Å². The van der Waals surface area contributed by atoms with Gasteiger partial charge in [0.15, 0.2) is 5.75 Å². The first-order valence-electron chi connectivity index (χ1n) is 6.69. The van der Waals surface area contributed by atoms with Crippen molar-refractivity contribution in [3.8, 4) is 11.5 Å². The smallest absolute Gasteiger partial charge is 0.224 e. The van der Waals surface area contributed by atoms with E-state index in [2.05, 4.69) is 21.2 Å². The Morgan fingerprint density at radius 3 is 2.81 bits per heavy atom. The number of carbonyl (C=O) groups excluding carboxylic acids is 1. The van der Waals surface area contributed by atoms with Gasteiger partial charge in [-0.25, -0.2) is 0 Å². The monoisotopic (exact) mass is 346 g/mol. The Balaban J connectivity index is 1.93. The highest BCUT2D eigenvalue weighted by molar-refractivity contribution is 9.10. The molecule has 1 aliphatic rings. The van der Waals surface area contributed by atoms with Crippen LogP contribution in [0, 0.1) is 6.92 Å². The fraction of sp³-hybridized carbons (Fsp3) is 0.188. The summed E-state index contributed by atoms with van der Waals surface area (Å²) in [6.45, 7) is 1.99. The summed E-state index contributed by atoms with van der Waals surface area (Å²) in [6, 6.07) is 9.39. The van der Waals surface area contributed by atoms with Crippen molar-refractivity contribution in [2.45, 2.75) is 19.8 Å². The number of amides is 1. The molecule has 21 heavy (non-hydrogen) atoms. The minimum Gasteiger partial charge on any atom is -0.455 e. The normalized spacial score (nSPS) is 13.5. The zero-order chi connectivity index (χ0) is 15.0. The van der Waals surface area contributed by atoms with Crippen molar-refractivity contribution < 1.29 is 9.53 Å². The molecule has 0 spiro atoms. The van der Waals surface area contributed by atoms with E-state index in [1.54, 1.807) is 6.07 Å². The van der Waals surface area contributed by atoms with E-state index in [4.69, 9.17) is 10.5 Å². The van der Waals surface area contributed by atoms with Crippen LogP contribution in [0.3, 0.4) is 0 Å². The minimum absolute atomic E-state index is 0.0257. The van der Waals surface area contributed by atoms with Gasteiger partial charge in [-0.2, -0.15) is 0 Å². The molecule has 0 fully saturated rings. The van der Waals surface area contributed by atoms with Gasteiger partial charge in [0.05, 0.1) is 5.69 Å². The number of hydrogen-bond acceptors (Lipinski definition) is 3. The summed E-state index contributed by atoms with van der Waals surface area (Å²) in [5.74, 6) is 1.29. The summed E-state index contributed by atoms with van der Waals surface area (Å²) in [6.07, 6.45) is 1.21. The Morgan fingerprint density at radius 2 is 2.05 bits per heavy atom.